The van der Waals surface area contributed by atoms with Crippen LogP contribution in [0.2, 0.25) is 0 Å². The highest BCUT2D eigenvalue weighted by molar-refractivity contribution is 5.98. The monoisotopic (exact) mass is 488 g/mol. The summed E-state index contributed by atoms with van der Waals surface area (Å²) in [6.45, 7) is 4.51. The largest absolute Gasteiger partial charge is 0.350 e. The zero-order chi connectivity index (χ0) is 25.3. The predicted molar refractivity (Wildman–Crippen MR) is 138 cm³/mol. The number of carbonyl (C=O) groups excluding carboxylic acids is 2. The van der Waals surface area contributed by atoms with Crippen LogP contribution in [-0.2, 0) is 20.8 Å². The quantitative estimate of drug-likeness (QED) is 0.306. The lowest BCUT2D eigenvalue weighted by atomic mass is 10.1. The third-order valence-corrected chi connectivity index (χ3v) is 5.65. The first-order chi connectivity index (χ1) is 17.5. The Bertz CT molecular complexity index is 1180. The van der Waals surface area contributed by atoms with Gasteiger partial charge < -0.3 is 15.0 Å². The molecule has 4 rings (SSSR count). The lowest BCUT2D eigenvalue weighted by Gasteiger charge is -2.21. The third kappa shape index (κ3) is 7.13. The maximum Gasteiger partial charge on any atom is 0.270 e. The van der Waals surface area contributed by atoms with Crippen LogP contribution in [-0.4, -0.2) is 40.7 Å². The van der Waals surface area contributed by atoms with E-state index in [0.29, 0.717) is 30.2 Å². The zero-order valence-electron chi connectivity index (χ0n) is 20.6. The number of hydroxylamine groups is 1. The van der Waals surface area contributed by atoms with Crippen molar-refractivity contribution in [3.05, 3.63) is 83.3 Å². The lowest BCUT2D eigenvalue weighted by molar-refractivity contribution is -0.198. The Kier molecular flexibility index (Phi) is 8.65. The lowest BCUT2D eigenvalue weighted by Crippen LogP contribution is -2.32. The topological polar surface area (TPSA) is 105 Å². The number of nitrogens with zero attached hydrogens (tertiary/aromatic N) is 1. The van der Waals surface area contributed by atoms with E-state index in [1.807, 2.05) is 68.4 Å². The summed E-state index contributed by atoms with van der Waals surface area (Å²) in [5, 5.41) is 2.94. The van der Waals surface area contributed by atoms with Crippen LogP contribution in [0.3, 0.4) is 0 Å². The van der Waals surface area contributed by atoms with E-state index < -0.39 is 0 Å². The summed E-state index contributed by atoms with van der Waals surface area (Å²) in [4.78, 5) is 38.0. The van der Waals surface area contributed by atoms with Crippen LogP contribution in [0.15, 0.2) is 60.7 Å². The maximum atomic E-state index is 12.8. The molecule has 36 heavy (non-hydrogen) atoms. The predicted octanol–water partition coefficient (Wildman–Crippen LogP) is 4.39. The van der Waals surface area contributed by atoms with Crippen molar-refractivity contribution in [2.45, 2.75) is 51.9 Å². The number of hydrogen-bond donors (Lipinski definition) is 3. The summed E-state index contributed by atoms with van der Waals surface area (Å²) >= 11 is 0. The highest BCUT2D eigenvalue weighted by atomic mass is 16.8. The molecule has 1 aliphatic rings. The van der Waals surface area contributed by atoms with Crippen LogP contribution >= 0.6 is 0 Å². The number of carbonyl (C=O) groups is 2. The SMILES string of the molecule is CC(C)NC(=O)c1[nH]c(Cc2ccc(/C=C/C(=O)NOC3CCCCO3)cc2)nc1-c1ccccc1. The Morgan fingerprint density at radius 1 is 1.14 bits per heavy atom. The Labute approximate surface area is 211 Å². The van der Waals surface area contributed by atoms with Gasteiger partial charge in [0.2, 0.25) is 0 Å². The minimum Gasteiger partial charge on any atom is -0.350 e. The molecule has 188 valence electrons. The Balaban J connectivity index is 1.39. The Hall–Kier alpha value is -3.75. The maximum absolute atomic E-state index is 12.8. The van der Waals surface area contributed by atoms with Crippen molar-refractivity contribution in [1.29, 1.82) is 0 Å². The number of rotatable bonds is 9. The summed E-state index contributed by atoms with van der Waals surface area (Å²) in [6, 6.07) is 17.5. The molecule has 0 radical (unpaired) electrons. The average molecular weight is 489 g/mol. The van der Waals surface area contributed by atoms with Crippen molar-refractivity contribution in [3.63, 3.8) is 0 Å². The van der Waals surface area contributed by atoms with Crippen LogP contribution in [0.25, 0.3) is 17.3 Å². The number of ether oxygens (including phenoxy) is 1. The van der Waals surface area contributed by atoms with Crippen LogP contribution in [0.4, 0.5) is 0 Å². The molecule has 1 aliphatic heterocycles. The van der Waals surface area contributed by atoms with Gasteiger partial charge in [0, 0.05) is 37.1 Å². The van der Waals surface area contributed by atoms with Gasteiger partial charge >= 0.3 is 0 Å². The number of hydrogen-bond acceptors (Lipinski definition) is 5. The molecular formula is C28H32N4O4. The molecule has 1 saturated heterocycles. The molecule has 1 fully saturated rings. The zero-order valence-corrected chi connectivity index (χ0v) is 20.6. The van der Waals surface area contributed by atoms with Crippen molar-refractivity contribution >= 4 is 17.9 Å². The molecule has 3 aromatic rings. The first-order valence-electron chi connectivity index (χ1n) is 12.3. The number of H-pyrrole nitrogens is 1. The molecule has 1 aromatic heterocycles. The Morgan fingerprint density at radius 3 is 2.61 bits per heavy atom. The summed E-state index contributed by atoms with van der Waals surface area (Å²) < 4.78 is 5.43. The molecule has 2 amide bonds. The van der Waals surface area contributed by atoms with Crippen LogP contribution < -0.4 is 10.8 Å². The van der Waals surface area contributed by atoms with Gasteiger partial charge in [0.25, 0.3) is 11.8 Å². The van der Waals surface area contributed by atoms with E-state index in [9.17, 15) is 9.59 Å². The first-order valence-corrected chi connectivity index (χ1v) is 12.3. The summed E-state index contributed by atoms with van der Waals surface area (Å²) in [5.41, 5.74) is 6.29. The molecule has 0 saturated carbocycles. The molecular weight excluding hydrogens is 456 g/mol. The van der Waals surface area contributed by atoms with Gasteiger partial charge in [0.15, 0.2) is 6.29 Å². The van der Waals surface area contributed by atoms with Crippen LogP contribution in [0, 0.1) is 0 Å². The fraction of sp³-hybridized carbons (Fsp3) is 0.321. The number of amides is 2. The molecule has 1 atom stereocenters. The second-order valence-corrected chi connectivity index (χ2v) is 9.03. The number of nitrogens with one attached hydrogen (secondary N) is 3. The number of benzene rings is 2. The van der Waals surface area contributed by atoms with E-state index >= 15 is 0 Å². The van der Waals surface area contributed by atoms with E-state index in [1.54, 1.807) is 6.08 Å². The normalized spacial score (nSPS) is 15.8. The molecule has 8 nitrogen and oxygen atoms in total. The van der Waals surface area contributed by atoms with Crippen LogP contribution in [0.1, 0.15) is 60.5 Å². The first kappa shape index (κ1) is 25.3. The van der Waals surface area contributed by atoms with Gasteiger partial charge in [-0.15, -0.1) is 0 Å². The molecule has 0 spiro atoms. The molecule has 3 N–H and O–H groups in total. The number of imidazole rings is 1. The smallest absolute Gasteiger partial charge is 0.270 e. The molecule has 8 heteroatoms. The van der Waals surface area contributed by atoms with Crippen molar-refractivity contribution in [1.82, 2.24) is 20.8 Å². The molecule has 0 bridgehead atoms. The fourth-order valence-electron chi connectivity index (χ4n) is 3.88. The highest BCUT2D eigenvalue weighted by Gasteiger charge is 2.19. The molecule has 2 heterocycles. The van der Waals surface area contributed by atoms with Crippen molar-refractivity contribution in [2.24, 2.45) is 0 Å². The summed E-state index contributed by atoms with van der Waals surface area (Å²) in [7, 11) is 0. The van der Waals surface area contributed by atoms with E-state index in [0.717, 1.165) is 36.0 Å². The summed E-state index contributed by atoms with van der Waals surface area (Å²) in [5.74, 6) is 0.178. The van der Waals surface area contributed by atoms with Gasteiger partial charge in [-0.2, -0.15) is 0 Å². The Morgan fingerprint density at radius 2 is 1.92 bits per heavy atom. The molecule has 1 unspecified atom stereocenters. The molecule has 0 aliphatic carbocycles. The van der Waals surface area contributed by atoms with E-state index in [1.165, 1.54) is 6.08 Å². The number of aromatic amines is 1. The summed E-state index contributed by atoms with van der Waals surface area (Å²) in [6.07, 6.45) is 6.13. The molecule has 2 aromatic carbocycles. The highest BCUT2D eigenvalue weighted by Crippen LogP contribution is 2.23. The number of aromatic nitrogens is 2. The third-order valence-electron chi connectivity index (χ3n) is 5.65. The van der Waals surface area contributed by atoms with Gasteiger partial charge in [-0.1, -0.05) is 54.6 Å². The van der Waals surface area contributed by atoms with Gasteiger partial charge in [-0.25, -0.2) is 15.3 Å². The minimum atomic E-state index is -0.378. The van der Waals surface area contributed by atoms with Crippen LogP contribution in [0.5, 0.6) is 0 Å². The minimum absolute atomic E-state index is 0.0164. The van der Waals surface area contributed by atoms with E-state index in [-0.39, 0.29) is 24.1 Å². The second kappa shape index (κ2) is 12.3. The van der Waals surface area contributed by atoms with Gasteiger partial charge in [0.1, 0.15) is 17.2 Å². The average Bonchev–Trinajstić information content (AvgIpc) is 3.32. The van der Waals surface area contributed by atoms with Gasteiger partial charge in [-0.3, -0.25) is 9.59 Å². The van der Waals surface area contributed by atoms with Crippen molar-refractivity contribution < 1.29 is 19.2 Å². The fourth-order valence-corrected chi connectivity index (χ4v) is 3.88. The van der Waals surface area contributed by atoms with Crippen molar-refractivity contribution in [3.8, 4) is 11.3 Å². The standard InChI is InChI=1S/C28H32N4O4/c1-19(2)29-28(34)27-26(22-8-4-3-5-9-22)30-23(31-27)18-21-13-11-20(12-14-21)15-16-24(33)32-36-25-10-6-7-17-35-25/h3-5,8-9,11-16,19,25H,6-7,10,17-18H2,1-2H3,(H,29,34)(H,30,31)(H,32,33)/b16-15+. The van der Waals surface area contributed by atoms with Gasteiger partial charge in [0.05, 0.1) is 0 Å². The van der Waals surface area contributed by atoms with Crippen molar-refractivity contribution in [2.75, 3.05) is 6.61 Å². The van der Waals surface area contributed by atoms with E-state index in [2.05, 4.69) is 15.8 Å². The second-order valence-electron chi connectivity index (χ2n) is 9.03. The van der Waals surface area contributed by atoms with E-state index in [4.69, 9.17) is 14.6 Å². The van der Waals surface area contributed by atoms with Gasteiger partial charge in [-0.05, 0) is 43.9 Å².